The molecule has 0 aliphatic carbocycles. The third kappa shape index (κ3) is 6.53. The van der Waals surface area contributed by atoms with Gasteiger partial charge in [0.15, 0.2) is 16.8 Å². The number of morpholine rings is 1. The van der Waals surface area contributed by atoms with Gasteiger partial charge in [0.25, 0.3) is 0 Å². The van der Waals surface area contributed by atoms with Crippen LogP contribution in [0.15, 0.2) is 53.7 Å². The predicted octanol–water partition coefficient (Wildman–Crippen LogP) is 3.74. The van der Waals surface area contributed by atoms with Gasteiger partial charge in [-0.1, -0.05) is 23.9 Å². The fourth-order valence-electron chi connectivity index (χ4n) is 3.73. The van der Waals surface area contributed by atoms with Crippen molar-refractivity contribution in [1.29, 1.82) is 0 Å². The van der Waals surface area contributed by atoms with E-state index < -0.39 is 5.25 Å². The second-order valence-electron chi connectivity index (χ2n) is 8.31. The van der Waals surface area contributed by atoms with Crippen LogP contribution in [0.4, 0.5) is 10.1 Å². The minimum absolute atomic E-state index is 0.0646. The minimum atomic E-state index is -0.469. The van der Waals surface area contributed by atoms with Crippen LogP contribution in [0.2, 0.25) is 0 Å². The largest absolute Gasteiger partial charge is 0.379 e. The van der Waals surface area contributed by atoms with Crippen molar-refractivity contribution in [3.05, 3.63) is 59.9 Å². The second-order valence-corrected chi connectivity index (χ2v) is 9.61. The molecule has 8 nitrogen and oxygen atoms in total. The first-order chi connectivity index (χ1) is 16.9. The summed E-state index contributed by atoms with van der Waals surface area (Å²) in [6.07, 6.45) is 0. The third-order valence-corrected chi connectivity index (χ3v) is 6.83. The molecule has 4 rings (SSSR count). The van der Waals surface area contributed by atoms with E-state index in [0.717, 1.165) is 25.2 Å². The van der Waals surface area contributed by atoms with E-state index in [-0.39, 0.29) is 17.5 Å². The number of rotatable bonds is 9. The number of thioether (sulfide) groups is 1. The van der Waals surface area contributed by atoms with Crippen LogP contribution in [-0.4, -0.2) is 69.5 Å². The van der Waals surface area contributed by atoms with Gasteiger partial charge < -0.3 is 14.6 Å². The van der Waals surface area contributed by atoms with Crippen molar-refractivity contribution in [2.24, 2.45) is 0 Å². The van der Waals surface area contributed by atoms with Gasteiger partial charge in [-0.3, -0.25) is 14.5 Å². The Hall–Kier alpha value is -3.08. The van der Waals surface area contributed by atoms with E-state index in [1.54, 1.807) is 43.3 Å². The summed E-state index contributed by atoms with van der Waals surface area (Å²) in [4.78, 5) is 26.8. The van der Waals surface area contributed by atoms with E-state index in [9.17, 15) is 14.0 Å². The van der Waals surface area contributed by atoms with Gasteiger partial charge in [-0.15, -0.1) is 10.2 Å². The summed E-state index contributed by atoms with van der Waals surface area (Å²) < 4.78 is 20.9. The first-order valence-electron chi connectivity index (χ1n) is 11.5. The van der Waals surface area contributed by atoms with Crippen LogP contribution in [-0.2, 0) is 16.1 Å². The zero-order valence-electron chi connectivity index (χ0n) is 19.7. The van der Waals surface area contributed by atoms with Crippen molar-refractivity contribution in [1.82, 2.24) is 19.7 Å². The smallest absolute Gasteiger partial charge is 0.237 e. The lowest BCUT2D eigenvalue weighted by Gasteiger charge is -2.27. The number of carbonyl (C=O) groups is 2. The Morgan fingerprint density at radius 3 is 2.57 bits per heavy atom. The standard InChI is InChI=1S/C25H28FN5O3S/c1-17(32)20-4-3-5-22(16-20)27-24(33)18(2)35-25-29-28-23(19-6-8-21(26)9-7-19)31(25)11-10-30-12-14-34-15-13-30/h3-9,16,18H,10-15H2,1-2H3,(H,27,33). The predicted molar refractivity (Wildman–Crippen MR) is 133 cm³/mol. The number of amides is 1. The summed E-state index contributed by atoms with van der Waals surface area (Å²) in [5, 5.41) is 11.7. The highest BCUT2D eigenvalue weighted by Gasteiger charge is 2.22. The number of carbonyl (C=O) groups excluding carboxylic acids is 2. The number of benzene rings is 2. The fourth-order valence-corrected chi connectivity index (χ4v) is 4.60. The lowest BCUT2D eigenvalue weighted by Crippen LogP contribution is -2.38. The molecule has 0 bridgehead atoms. The summed E-state index contributed by atoms with van der Waals surface area (Å²) in [5.74, 6) is 0.0383. The number of hydrogen-bond donors (Lipinski definition) is 1. The normalized spacial score (nSPS) is 15.1. The van der Waals surface area contributed by atoms with Crippen molar-refractivity contribution in [2.45, 2.75) is 30.8 Å². The van der Waals surface area contributed by atoms with Crippen LogP contribution in [0.3, 0.4) is 0 Å². The van der Waals surface area contributed by atoms with Gasteiger partial charge in [0.2, 0.25) is 5.91 Å². The first kappa shape index (κ1) is 25.0. The summed E-state index contributed by atoms with van der Waals surface area (Å²) in [7, 11) is 0. The molecule has 10 heteroatoms. The van der Waals surface area contributed by atoms with Crippen LogP contribution >= 0.6 is 11.8 Å². The molecule has 0 spiro atoms. The summed E-state index contributed by atoms with van der Waals surface area (Å²) in [5.41, 5.74) is 1.86. The summed E-state index contributed by atoms with van der Waals surface area (Å²) in [6, 6.07) is 13.0. The van der Waals surface area contributed by atoms with E-state index in [4.69, 9.17) is 4.74 Å². The van der Waals surface area contributed by atoms with Crippen molar-refractivity contribution in [3.8, 4) is 11.4 Å². The fraction of sp³-hybridized carbons (Fsp3) is 0.360. The molecular weight excluding hydrogens is 469 g/mol. The molecule has 1 N–H and O–H groups in total. The van der Waals surface area contributed by atoms with Crippen molar-refractivity contribution in [2.75, 3.05) is 38.2 Å². The molecule has 184 valence electrons. The monoisotopic (exact) mass is 497 g/mol. The topological polar surface area (TPSA) is 89.3 Å². The number of ether oxygens (including phenoxy) is 1. The van der Waals surface area contributed by atoms with Gasteiger partial charge in [0.05, 0.1) is 18.5 Å². The Balaban J connectivity index is 1.51. The molecule has 0 radical (unpaired) electrons. The van der Waals surface area contributed by atoms with Crippen LogP contribution in [0.25, 0.3) is 11.4 Å². The molecule has 1 atom stereocenters. The maximum atomic E-state index is 13.5. The molecule has 0 saturated carbocycles. The van der Waals surface area contributed by atoms with Gasteiger partial charge in [-0.2, -0.15) is 0 Å². The Kier molecular flexibility index (Phi) is 8.27. The summed E-state index contributed by atoms with van der Waals surface area (Å²) >= 11 is 1.31. The quantitative estimate of drug-likeness (QED) is 0.356. The molecule has 1 amide bonds. The molecule has 1 aromatic heterocycles. The number of anilines is 1. The molecule has 1 aliphatic heterocycles. The molecule has 1 fully saturated rings. The molecule has 1 saturated heterocycles. The van der Waals surface area contributed by atoms with E-state index in [1.165, 1.54) is 30.8 Å². The number of nitrogens with zero attached hydrogens (tertiary/aromatic N) is 4. The van der Waals surface area contributed by atoms with Gasteiger partial charge in [0.1, 0.15) is 5.82 Å². The van der Waals surface area contributed by atoms with E-state index in [1.807, 2.05) is 4.57 Å². The lowest BCUT2D eigenvalue weighted by molar-refractivity contribution is -0.115. The van der Waals surface area contributed by atoms with Crippen LogP contribution in [0.5, 0.6) is 0 Å². The zero-order chi connectivity index (χ0) is 24.8. The lowest BCUT2D eigenvalue weighted by atomic mass is 10.1. The number of ketones is 1. The zero-order valence-corrected chi connectivity index (χ0v) is 20.6. The Bertz CT molecular complexity index is 1180. The van der Waals surface area contributed by atoms with Crippen molar-refractivity contribution in [3.63, 3.8) is 0 Å². The number of halogens is 1. The highest BCUT2D eigenvalue weighted by molar-refractivity contribution is 8.00. The minimum Gasteiger partial charge on any atom is -0.379 e. The summed E-state index contributed by atoms with van der Waals surface area (Å²) in [6.45, 7) is 7.81. The molecular formula is C25H28FN5O3S. The average Bonchev–Trinajstić information content (AvgIpc) is 3.26. The number of aromatic nitrogens is 3. The van der Waals surface area contributed by atoms with Gasteiger partial charge in [-0.05, 0) is 50.2 Å². The van der Waals surface area contributed by atoms with Crippen LogP contribution in [0, 0.1) is 5.82 Å². The Morgan fingerprint density at radius 1 is 1.11 bits per heavy atom. The van der Waals surface area contributed by atoms with Crippen LogP contribution in [0.1, 0.15) is 24.2 Å². The molecule has 3 aromatic rings. The second kappa shape index (κ2) is 11.6. The molecule has 2 aromatic carbocycles. The molecule has 1 unspecified atom stereocenters. The number of hydrogen-bond acceptors (Lipinski definition) is 7. The third-order valence-electron chi connectivity index (χ3n) is 5.75. The van der Waals surface area contributed by atoms with E-state index in [2.05, 4.69) is 20.4 Å². The van der Waals surface area contributed by atoms with Gasteiger partial charge in [-0.25, -0.2) is 4.39 Å². The highest BCUT2D eigenvalue weighted by atomic mass is 32.2. The number of nitrogens with one attached hydrogen (secondary N) is 1. The molecule has 35 heavy (non-hydrogen) atoms. The van der Waals surface area contributed by atoms with E-state index >= 15 is 0 Å². The molecule has 1 aliphatic rings. The Labute approximate surface area is 207 Å². The average molecular weight is 498 g/mol. The van der Waals surface area contributed by atoms with Crippen molar-refractivity contribution < 1.29 is 18.7 Å². The molecule has 2 heterocycles. The number of Topliss-reactive ketones (excluding diaryl/α,β-unsaturated/α-hetero) is 1. The maximum Gasteiger partial charge on any atom is 0.237 e. The SMILES string of the molecule is CC(=O)c1cccc(NC(=O)C(C)Sc2nnc(-c3ccc(F)cc3)n2CCN2CCOCC2)c1. The Morgan fingerprint density at radius 2 is 1.86 bits per heavy atom. The van der Waals surface area contributed by atoms with E-state index in [0.29, 0.717) is 42.0 Å². The van der Waals surface area contributed by atoms with Crippen LogP contribution < -0.4 is 5.32 Å². The maximum absolute atomic E-state index is 13.5. The first-order valence-corrected chi connectivity index (χ1v) is 12.4. The highest BCUT2D eigenvalue weighted by Crippen LogP contribution is 2.28. The van der Waals surface area contributed by atoms with Gasteiger partial charge in [0, 0.05) is 43.0 Å². The van der Waals surface area contributed by atoms with Gasteiger partial charge >= 0.3 is 0 Å². The van der Waals surface area contributed by atoms with Crippen molar-refractivity contribution >= 4 is 29.1 Å².